The lowest BCUT2D eigenvalue weighted by atomic mass is 10.1. The summed E-state index contributed by atoms with van der Waals surface area (Å²) in [5, 5.41) is 1.10. The molecule has 0 unspecified atom stereocenters. The van der Waals surface area contributed by atoms with Crippen LogP contribution in [0.4, 0.5) is 5.82 Å². The highest BCUT2D eigenvalue weighted by Gasteiger charge is 2.15. The van der Waals surface area contributed by atoms with E-state index in [4.69, 9.17) is 7.85 Å². The molecule has 17 heavy (non-hydrogen) atoms. The zero-order valence-electron chi connectivity index (χ0n) is 9.76. The molecule has 0 aliphatic carbocycles. The summed E-state index contributed by atoms with van der Waals surface area (Å²) in [7, 11) is 5.78. The van der Waals surface area contributed by atoms with Crippen LogP contribution in [0.1, 0.15) is 19.3 Å². The third-order valence-electron chi connectivity index (χ3n) is 3.26. The molecule has 2 heterocycles. The molecule has 1 aromatic carbocycles. The van der Waals surface area contributed by atoms with Crippen molar-refractivity contribution in [3.8, 4) is 0 Å². The Labute approximate surface area is 102 Å². The number of fused-ring (bicyclic) bond motifs is 1. The first-order valence-corrected chi connectivity index (χ1v) is 6.12. The van der Waals surface area contributed by atoms with Crippen molar-refractivity contribution in [3.63, 3.8) is 0 Å². The van der Waals surface area contributed by atoms with Crippen molar-refractivity contribution in [1.82, 2.24) is 9.97 Å². The third-order valence-corrected chi connectivity index (χ3v) is 3.26. The molecule has 0 saturated carbocycles. The molecule has 2 radical (unpaired) electrons. The number of hydrogen-bond acceptors (Lipinski definition) is 3. The average Bonchev–Trinajstić information content (AvgIpc) is 2.39. The number of hydrogen-bond donors (Lipinski definition) is 0. The lowest BCUT2D eigenvalue weighted by molar-refractivity contribution is 0.575. The molecule has 0 atom stereocenters. The van der Waals surface area contributed by atoms with Crippen LogP contribution < -0.4 is 10.6 Å². The van der Waals surface area contributed by atoms with E-state index in [1.54, 1.807) is 0 Å². The van der Waals surface area contributed by atoms with Gasteiger partial charge in [-0.1, -0.05) is 12.1 Å². The van der Waals surface area contributed by atoms with E-state index in [0.29, 0.717) is 5.72 Å². The van der Waals surface area contributed by atoms with Crippen LogP contribution in [-0.4, -0.2) is 30.9 Å². The van der Waals surface area contributed by atoms with Gasteiger partial charge < -0.3 is 4.90 Å². The summed E-state index contributed by atoms with van der Waals surface area (Å²) >= 11 is 0. The van der Waals surface area contributed by atoms with Crippen molar-refractivity contribution in [2.24, 2.45) is 0 Å². The van der Waals surface area contributed by atoms with Crippen molar-refractivity contribution >= 4 is 30.3 Å². The summed E-state index contributed by atoms with van der Waals surface area (Å²) in [6.45, 7) is 2.14. The quantitative estimate of drug-likeness (QED) is 0.684. The number of rotatable bonds is 1. The average molecular weight is 223 g/mol. The van der Waals surface area contributed by atoms with E-state index in [0.717, 1.165) is 29.8 Å². The van der Waals surface area contributed by atoms with Crippen molar-refractivity contribution < 1.29 is 0 Å². The second-order valence-electron chi connectivity index (χ2n) is 4.47. The number of nitrogens with zero attached hydrogens (tertiary/aromatic N) is 3. The molecule has 0 bridgehead atoms. The van der Waals surface area contributed by atoms with Gasteiger partial charge in [0.25, 0.3) is 0 Å². The summed E-state index contributed by atoms with van der Waals surface area (Å²) in [6, 6.07) is 8.06. The molecule has 2 aromatic rings. The third kappa shape index (κ3) is 1.99. The van der Waals surface area contributed by atoms with Gasteiger partial charge in [0.1, 0.15) is 5.82 Å². The largest absolute Gasteiger partial charge is 0.356 e. The van der Waals surface area contributed by atoms with E-state index in [1.165, 1.54) is 19.3 Å². The lowest BCUT2D eigenvalue weighted by Crippen LogP contribution is -2.32. The van der Waals surface area contributed by atoms with Gasteiger partial charge in [-0.15, -0.1) is 0 Å². The molecular weight excluding hydrogens is 209 g/mol. The lowest BCUT2D eigenvalue weighted by Gasteiger charge is -2.28. The van der Waals surface area contributed by atoms with Gasteiger partial charge in [-0.25, -0.2) is 9.97 Å². The van der Waals surface area contributed by atoms with Gasteiger partial charge in [-0.3, -0.25) is 0 Å². The van der Waals surface area contributed by atoms with Crippen LogP contribution in [0.25, 0.3) is 10.9 Å². The summed E-state index contributed by atoms with van der Waals surface area (Å²) in [4.78, 5) is 11.0. The molecule has 1 saturated heterocycles. The molecule has 1 aliphatic rings. The minimum atomic E-state index is 0.365. The summed E-state index contributed by atoms with van der Waals surface area (Å²) in [5.74, 6) is 0.993. The number of benzene rings is 1. The molecular formula is C13H14BN3. The fraction of sp³-hybridized carbons (Fsp3) is 0.385. The van der Waals surface area contributed by atoms with Gasteiger partial charge in [0.2, 0.25) is 0 Å². The van der Waals surface area contributed by atoms with Crippen LogP contribution >= 0.6 is 0 Å². The Morgan fingerprint density at radius 1 is 1.00 bits per heavy atom. The highest BCUT2D eigenvalue weighted by Crippen LogP contribution is 2.24. The Morgan fingerprint density at radius 2 is 1.76 bits per heavy atom. The summed E-state index contributed by atoms with van der Waals surface area (Å²) < 4.78 is 0. The van der Waals surface area contributed by atoms with Gasteiger partial charge in [0, 0.05) is 18.5 Å². The molecule has 1 aliphatic heterocycles. The van der Waals surface area contributed by atoms with E-state index in [-0.39, 0.29) is 0 Å². The second kappa shape index (κ2) is 4.36. The minimum absolute atomic E-state index is 0.365. The molecule has 4 heteroatoms. The Kier molecular flexibility index (Phi) is 2.71. The Morgan fingerprint density at radius 3 is 2.59 bits per heavy atom. The topological polar surface area (TPSA) is 29.0 Å². The van der Waals surface area contributed by atoms with Gasteiger partial charge in [-0.05, 0) is 31.4 Å². The molecule has 3 rings (SSSR count). The Balaban J connectivity index is 2.13. The molecule has 3 nitrogen and oxygen atoms in total. The van der Waals surface area contributed by atoms with Gasteiger partial charge >= 0.3 is 0 Å². The SMILES string of the molecule is [B]c1nc(N2CCCCC2)c2ccccc2n1. The number of piperidine rings is 1. The minimum Gasteiger partial charge on any atom is -0.356 e. The second-order valence-corrected chi connectivity index (χ2v) is 4.47. The van der Waals surface area contributed by atoms with Crippen LogP contribution in [0.5, 0.6) is 0 Å². The maximum absolute atomic E-state index is 5.78. The zero-order valence-corrected chi connectivity index (χ0v) is 9.76. The Bertz CT molecular complexity index is 535. The smallest absolute Gasteiger partial charge is 0.170 e. The molecule has 0 spiro atoms. The maximum atomic E-state index is 5.78. The highest BCUT2D eigenvalue weighted by atomic mass is 15.2. The highest BCUT2D eigenvalue weighted by molar-refractivity contribution is 6.29. The molecule has 1 aromatic heterocycles. The van der Waals surface area contributed by atoms with E-state index in [1.807, 2.05) is 18.2 Å². The van der Waals surface area contributed by atoms with Crippen LogP contribution in [0.15, 0.2) is 24.3 Å². The van der Waals surface area contributed by atoms with E-state index >= 15 is 0 Å². The summed E-state index contributed by atoms with van der Waals surface area (Å²) in [6.07, 6.45) is 3.78. The fourth-order valence-corrected chi connectivity index (χ4v) is 2.42. The first-order chi connectivity index (χ1) is 8.34. The fourth-order valence-electron chi connectivity index (χ4n) is 2.42. The number of para-hydroxylation sites is 1. The molecule has 1 fully saturated rings. The van der Waals surface area contributed by atoms with E-state index < -0.39 is 0 Å². The van der Waals surface area contributed by atoms with Crippen molar-refractivity contribution in [3.05, 3.63) is 24.3 Å². The van der Waals surface area contributed by atoms with Crippen LogP contribution in [0.3, 0.4) is 0 Å². The van der Waals surface area contributed by atoms with Crippen molar-refractivity contribution in [2.45, 2.75) is 19.3 Å². The van der Waals surface area contributed by atoms with Crippen LogP contribution in [0.2, 0.25) is 0 Å². The number of anilines is 1. The normalized spacial score (nSPS) is 16.4. The standard InChI is InChI=1S/C13H14BN3/c14-13-15-11-7-3-2-6-10(11)12(16-13)17-8-4-1-5-9-17/h2-3,6-7H,1,4-5,8-9H2. The first-order valence-electron chi connectivity index (χ1n) is 6.12. The molecule has 0 N–H and O–H groups in total. The van der Waals surface area contributed by atoms with E-state index in [9.17, 15) is 0 Å². The molecule has 84 valence electrons. The van der Waals surface area contributed by atoms with Crippen molar-refractivity contribution in [2.75, 3.05) is 18.0 Å². The number of aromatic nitrogens is 2. The van der Waals surface area contributed by atoms with Gasteiger partial charge in [0.05, 0.1) is 11.2 Å². The zero-order chi connectivity index (χ0) is 11.7. The molecule has 0 amide bonds. The first kappa shape index (κ1) is 10.6. The van der Waals surface area contributed by atoms with Crippen molar-refractivity contribution in [1.29, 1.82) is 0 Å². The predicted octanol–water partition coefficient (Wildman–Crippen LogP) is 1.41. The monoisotopic (exact) mass is 223 g/mol. The van der Waals surface area contributed by atoms with E-state index in [2.05, 4.69) is 20.9 Å². The van der Waals surface area contributed by atoms with Gasteiger partial charge in [-0.2, -0.15) is 0 Å². The Hall–Kier alpha value is -1.58. The summed E-state index contributed by atoms with van der Waals surface area (Å²) in [5.41, 5.74) is 1.30. The van der Waals surface area contributed by atoms with Crippen LogP contribution in [0, 0.1) is 0 Å². The maximum Gasteiger partial charge on any atom is 0.170 e. The predicted molar refractivity (Wildman–Crippen MR) is 71.0 cm³/mol. The van der Waals surface area contributed by atoms with Crippen LogP contribution in [-0.2, 0) is 0 Å². The van der Waals surface area contributed by atoms with Gasteiger partial charge in [0.15, 0.2) is 7.85 Å².